The van der Waals surface area contributed by atoms with Crippen LogP contribution < -0.4 is 5.32 Å². The summed E-state index contributed by atoms with van der Waals surface area (Å²) in [6, 6.07) is 21.3. The van der Waals surface area contributed by atoms with Crippen LogP contribution in [-0.4, -0.2) is 6.54 Å². The summed E-state index contributed by atoms with van der Waals surface area (Å²) in [6.07, 6.45) is 0. The van der Waals surface area contributed by atoms with Crippen LogP contribution in [-0.2, 0) is 0 Å². The second kappa shape index (κ2) is 5.81. The van der Waals surface area contributed by atoms with E-state index in [0.29, 0.717) is 11.6 Å². The van der Waals surface area contributed by atoms with Crippen molar-refractivity contribution in [2.45, 2.75) is 12.0 Å². The molecule has 3 nitrogen and oxygen atoms in total. The zero-order chi connectivity index (χ0) is 15.6. The van der Waals surface area contributed by atoms with Gasteiger partial charge in [-0.1, -0.05) is 54.1 Å². The Morgan fingerprint density at radius 3 is 2.18 bits per heavy atom. The Labute approximate surface area is 134 Å². The van der Waals surface area contributed by atoms with Crippen LogP contribution in [0.2, 0.25) is 5.02 Å². The molecule has 0 aromatic heterocycles. The summed E-state index contributed by atoms with van der Waals surface area (Å²) in [5.41, 5.74) is 0.787. The average molecular weight is 308 g/mol. The van der Waals surface area contributed by atoms with Gasteiger partial charge in [0.1, 0.15) is 0 Å². The van der Waals surface area contributed by atoms with Crippen molar-refractivity contribution in [2.75, 3.05) is 6.54 Å². The van der Waals surface area contributed by atoms with Crippen molar-refractivity contribution in [3.05, 3.63) is 70.7 Å². The van der Waals surface area contributed by atoms with Crippen molar-refractivity contribution >= 4 is 11.6 Å². The smallest absolute Gasteiger partial charge is 0.171 e. The van der Waals surface area contributed by atoms with Crippen LogP contribution in [0.15, 0.2) is 54.6 Å². The zero-order valence-corrected chi connectivity index (χ0v) is 12.6. The molecule has 3 rings (SSSR count). The summed E-state index contributed by atoms with van der Waals surface area (Å²) in [7, 11) is 0. The molecule has 0 spiro atoms. The lowest BCUT2D eigenvalue weighted by molar-refractivity contribution is 0.417. The molecule has 2 unspecified atom stereocenters. The van der Waals surface area contributed by atoms with Crippen LogP contribution in [0.1, 0.15) is 23.1 Å². The average Bonchev–Trinajstić information content (AvgIpc) is 2.96. The van der Waals surface area contributed by atoms with E-state index < -0.39 is 5.41 Å². The molecular weight excluding hydrogens is 294 g/mol. The van der Waals surface area contributed by atoms with Gasteiger partial charge in [0.15, 0.2) is 5.41 Å². The fraction of sp³-hybridized carbons (Fsp3) is 0.222. The summed E-state index contributed by atoms with van der Waals surface area (Å²) in [6.45, 7) is 0.596. The van der Waals surface area contributed by atoms with Gasteiger partial charge in [-0.25, -0.2) is 0 Å². The molecule has 1 fully saturated rings. The van der Waals surface area contributed by atoms with Crippen molar-refractivity contribution in [2.24, 2.45) is 5.41 Å². The van der Waals surface area contributed by atoms with Gasteiger partial charge < -0.3 is 5.32 Å². The molecule has 2 aromatic carbocycles. The molecule has 0 saturated carbocycles. The third kappa shape index (κ3) is 2.25. The highest BCUT2D eigenvalue weighted by molar-refractivity contribution is 6.30. The fourth-order valence-electron chi connectivity index (χ4n) is 3.17. The van der Waals surface area contributed by atoms with Gasteiger partial charge in [0.2, 0.25) is 0 Å². The normalized spacial score (nSPS) is 22.7. The number of benzene rings is 2. The lowest BCUT2D eigenvalue weighted by atomic mass is 9.71. The molecule has 0 bridgehead atoms. The maximum absolute atomic E-state index is 9.80. The van der Waals surface area contributed by atoms with Crippen LogP contribution in [0.25, 0.3) is 0 Å². The summed E-state index contributed by atoms with van der Waals surface area (Å²) < 4.78 is 0. The van der Waals surface area contributed by atoms with Crippen molar-refractivity contribution < 1.29 is 0 Å². The van der Waals surface area contributed by atoms with Gasteiger partial charge in [-0.3, -0.25) is 0 Å². The van der Waals surface area contributed by atoms with E-state index in [1.807, 2.05) is 42.5 Å². The molecule has 0 radical (unpaired) electrons. The monoisotopic (exact) mass is 307 g/mol. The van der Waals surface area contributed by atoms with E-state index in [2.05, 4.69) is 17.5 Å². The Kier molecular flexibility index (Phi) is 3.86. The van der Waals surface area contributed by atoms with E-state index in [1.54, 1.807) is 12.1 Å². The van der Waals surface area contributed by atoms with Gasteiger partial charge in [-0.2, -0.15) is 10.5 Å². The van der Waals surface area contributed by atoms with Crippen molar-refractivity contribution in [1.29, 1.82) is 10.5 Å². The minimum atomic E-state index is -1.13. The largest absolute Gasteiger partial charge is 0.307 e. The number of hydrogen-bond acceptors (Lipinski definition) is 3. The van der Waals surface area contributed by atoms with E-state index in [1.165, 1.54) is 0 Å². The molecule has 22 heavy (non-hydrogen) atoms. The van der Waals surface area contributed by atoms with E-state index >= 15 is 0 Å². The second-order valence-electron chi connectivity index (χ2n) is 5.45. The van der Waals surface area contributed by atoms with Crippen molar-refractivity contribution in [3.63, 3.8) is 0 Å². The second-order valence-corrected chi connectivity index (χ2v) is 5.89. The first-order valence-electron chi connectivity index (χ1n) is 7.07. The van der Waals surface area contributed by atoms with E-state index in [-0.39, 0.29) is 12.0 Å². The van der Waals surface area contributed by atoms with Gasteiger partial charge in [0.25, 0.3) is 0 Å². The zero-order valence-electron chi connectivity index (χ0n) is 11.8. The summed E-state index contributed by atoms with van der Waals surface area (Å²) in [4.78, 5) is 0. The quantitative estimate of drug-likeness (QED) is 0.918. The van der Waals surface area contributed by atoms with Crippen LogP contribution in [0.5, 0.6) is 0 Å². The molecule has 0 amide bonds. The first-order chi connectivity index (χ1) is 10.7. The molecule has 108 valence electrons. The third-order valence-electron chi connectivity index (χ3n) is 4.31. The summed E-state index contributed by atoms with van der Waals surface area (Å²) in [5, 5.41) is 23.6. The number of nitrogens with zero attached hydrogens (tertiary/aromatic N) is 2. The van der Waals surface area contributed by atoms with Crippen LogP contribution in [0.4, 0.5) is 0 Å². The van der Waals surface area contributed by atoms with Crippen LogP contribution >= 0.6 is 11.6 Å². The third-order valence-corrected chi connectivity index (χ3v) is 4.56. The Balaban J connectivity index is 2.05. The Hall–Kier alpha value is -2.33. The molecule has 4 heteroatoms. The molecule has 2 aromatic rings. The Morgan fingerprint density at radius 1 is 0.955 bits per heavy atom. The number of hydrogen-bond donors (Lipinski definition) is 1. The molecule has 1 N–H and O–H groups in total. The van der Waals surface area contributed by atoms with Gasteiger partial charge in [-0.05, 0) is 23.3 Å². The highest BCUT2D eigenvalue weighted by Crippen LogP contribution is 2.49. The predicted octanol–water partition coefficient (Wildman–Crippen LogP) is 3.80. The minimum absolute atomic E-state index is 0.163. The van der Waals surface area contributed by atoms with E-state index in [0.717, 1.165) is 11.1 Å². The first kappa shape index (κ1) is 14.6. The molecule has 1 aliphatic heterocycles. The maximum atomic E-state index is 9.80. The number of nitriles is 2. The first-order valence-corrected chi connectivity index (χ1v) is 7.45. The number of rotatable bonds is 2. The predicted molar refractivity (Wildman–Crippen MR) is 85.0 cm³/mol. The molecule has 1 heterocycles. The molecule has 1 aliphatic rings. The van der Waals surface area contributed by atoms with Gasteiger partial charge in [-0.15, -0.1) is 0 Å². The number of halogens is 1. The molecule has 1 saturated heterocycles. The molecule has 2 atom stereocenters. The maximum Gasteiger partial charge on any atom is 0.171 e. The van der Waals surface area contributed by atoms with Gasteiger partial charge in [0.05, 0.1) is 18.2 Å². The van der Waals surface area contributed by atoms with Crippen LogP contribution in [0.3, 0.4) is 0 Å². The SMILES string of the molecule is N#CC1(C#N)C(c2ccccc2)CNC1c1ccc(Cl)cc1. The number of nitrogens with one attached hydrogen (secondary N) is 1. The Bertz CT molecular complexity index is 727. The van der Waals surface area contributed by atoms with Crippen molar-refractivity contribution in [1.82, 2.24) is 5.32 Å². The standard InChI is InChI=1S/C18H14ClN3/c19-15-8-6-14(7-9-15)17-18(11-20,12-21)16(10-22-17)13-4-2-1-3-5-13/h1-9,16-17,22H,10H2. The van der Waals surface area contributed by atoms with E-state index in [9.17, 15) is 10.5 Å². The Morgan fingerprint density at radius 2 is 1.59 bits per heavy atom. The van der Waals surface area contributed by atoms with Crippen LogP contribution in [0, 0.1) is 28.1 Å². The highest BCUT2D eigenvalue weighted by Gasteiger charge is 2.52. The molecule has 0 aliphatic carbocycles. The fourth-order valence-corrected chi connectivity index (χ4v) is 3.30. The topological polar surface area (TPSA) is 59.6 Å². The van der Waals surface area contributed by atoms with E-state index in [4.69, 9.17) is 11.6 Å². The lowest BCUT2D eigenvalue weighted by Gasteiger charge is -2.26. The van der Waals surface area contributed by atoms with Crippen molar-refractivity contribution in [3.8, 4) is 12.1 Å². The summed E-state index contributed by atoms with van der Waals surface area (Å²) in [5.74, 6) is -0.163. The molecular formula is C18H14ClN3. The highest BCUT2D eigenvalue weighted by atomic mass is 35.5. The van der Waals surface area contributed by atoms with Gasteiger partial charge >= 0.3 is 0 Å². The van der Waals surface area contributed by atoms with Gasteiger partial charge in [0, 0.05) is 17.5 Å². The minimum Gasteiger partial charge on any atom is -0.307 e. The lowest BCUT2D eigenvalue weighted by Crippen LogP contribution is -2.29. The summed E-state index contributed by atoms with van der Waals surface area (Å²) >= 11 is 5.93.